The maximum Gasteiger partial charge on any atom is 0.329 e. The molecule has 2 unspecified atom stereocenters. The van der Waals surface area contributed by atoms with Crippen molar-refractivity contribution in [3.05, 3.63) is 0 Å². The number of hydrogen-bond donors (Lipinski definition) is 1. The molecule has 0 saturated carbocycles. The van der Waals surface area contributed by atoms with Gasteiger partial charge in [-0.15, -0.1) is 11.6 Å². The third kappa shape index (κ3) is 4.30. The van der Waals surface area contributed by atoms with Gasteiger partial charge in [0.1, 0.15) is 0 Å². The van der Waals surface area contributed by atoms with Crippen LogP contribution in [0.4, 0.5) is 0 Å². The Kier molecular flexibility index (Phi) is 7.00. The van der Waals surface area contributed by atoms with Crippen LogP contribution in [0.15, 0.2) is 0 Å². The van der Waals surface area contributed by atoms with E-state index in [0.29, 0.717) is 18.8 Å². The van der Waals surface area contributed by atoms with E-state index < -0.39 is 16.9 Å². The average molecular weight is 251 g/mol. The van der Waals surface area contributed by atoms with Crippen molar-refractivity contribution in [2.75, 3.05) is 7.11 Å². The zero-order chi connectivity index (χ0) is 12.8. The van der Waals surface area contributed by atoms with Crippen LogP contribution >= 0.6 is 11.6 Å². The fourth-order valence-electron chi connectivity index (χ4n) is 1.64. The highest BCUT2D eigenvalue weighted by Gasteiger charge is 2.43. The van der Waals surface area contributed by atoms with Gasteiger partial charge in [-0.3, -0.25) is 4.79 Å². The Morgan fingerprint density at radius 3 is 2.44 bits per heavy atom. The SMILES string of the molecule is CCCCC(Cl)(C(=O)OC)C(O)CC(C)C. The van der Waals surface area contributed by atoms with Crippen LogP contribution in [-0.4, -0.2) is 29.2 Å². The van der Waals surface area contributed by atoms with Crippen LogP contribution in [0.1, 0.15) is 46.5 Å². The fourth-order valence-corrected chi connectivity index (χ4v) is 1.94. The van der Waals surface area contributed by atoms with Crippen molar-refractivity contribution in [2.24, 2.45) is 5.92 Å². The van der Waals surface area contributed by atoms with Gasteiger partial charge in [-0.1, -0.05) is 33.6 Å². The van der Waals surface area contributed by atoms with E-state index in [9.17, 15) is 9.90 Å². The number of aliphatic hydroxyl groups excluding tert-OH is 1. The molecule has 0 aromatic heterocycles. The lowest BCUT2D eigenvalue weighted by Gasteiger charge is -2.30. The second-order valence-electron chi connectivity index (χ2n) is 4.60. The Morgan fingerprint density at radius 2 is 2.06 bits per heavy atom. The molecule has 0 aromatic rings. The van der Waals surface area contributed by atoms with Crippen LogP contribution < -0.4 is 0 Å². The lowest BCUT2D eigenvalue weighted by atomic mass is 9.89. The molecule has 0 heterocycles. The van der Waals surface area contributed by atoms with E-state index >= 15 is 0 Å². The zero-order valence-electron chi connectivity index (χ0n) is 10.6. The second kappa shape index (κ2) is 7.13. The molecule has 0 spiro atoms. The fraction of sp³-hybridized carbons (Fsp3) is 0.917. The Hall–Kier alpha value is -0.280. The molecule has 0 saturated heterocycles. The summed E-state index contributed by atoms with van der Waals surface area (Å²) in [5.74, 6) is -0.241. The van der Waals surface area contributed by atoms with Crippen molar-refractivity contribution >= 4 is 17.6 Å². The Balaban J connectivity index is 4.69. The smallest absolute Gasteiger partial charge is 0.329 e. The summed E-state index contributed by atoms with van der Waals surface area (Å²) in [6, 6.07) is 0. The topological polar surface area (TPSA) is 46.5 Å². The number of rotatable bonds is 7. The molecule has 96 valence electrons. The predicted octanol–water partition coefficient (Wildman–Crippen LogP) is 2.73. The summed E-state index contributed by atoms with van der Waals surface area (Å²) < 4.78 is 4.68. The molecule has 0 fully saturated rings. The van der Waals surface area contributed by atoms with Crippen LogP contribution in [0.2, 0.25) is 0 Å². The van der Waals surface area contributed by atoms with Crippen LogP contribution in [0, 0.1) is 5.92 Å². The summed E-state index contributed by atoms with van der Waals surface area (Å²) in [5.41, 5.74) is 0. The van der Waals surface area contributed by atoms with Crippen LogP contribution in [-0.2, 0) is 9.53 Å². The molecular formula is C12H23ClO3. The highest BCUT2D eigenvalue weighted by molar-refractivity contribution is 6.34. The summed E-state index contributed by atoms with van der Waals surface area (Å²) in [6.07, 6.45) is 1.83. The molecule has 0 aromatic carbocycles. The van der Waals surface area contributed by atoms with Crippen molar-refractivity contribution in [3.63, 3.8) is 0 Å². The Bertz CT molecular complexity index is 218. The predicted molar refractivity (Wildman–Crippen MR) is 65.6 cm³/mol. The number of carbonyl (C=O) groups is 1. The van der Waals surface area contributed by atoms with Crippen LogP contribution in [0.5, 0.6) is 0 Å². The molecule has 16 heavy (non-hydrogen) atoms. The van der Waals surface area contributed by atoms with Gasteiger partial charge in [-0.05, 0) is 18.8 Å². The van der Waals surface area contributed by atoms with Crippen molar-refractivity contribution in [1.82, 2.24) is 0 Å². The van der Waals surface area contributed by atoms with Gasteiger partial charge < -0.3 is 9.84 Å². The first-order valence-corrected chi connectivity index (χ1v) is 6.21. The minimum Gasteiger partial charge on any atom is -0.468 e. The number of methoxy groups -OCH3 is 1. The highest BCUT2D eigenvalue weighted by Crippen LogP contribution is 2.31. The van der Waals surface area contributed by atoms with Gasteiger partial charge in [0.25, 0.3) is 0 Å². The lowest BCUT2D eigenvalue weighted by molar-refractivity contribution is -0.148. The Labute approximate surface area is 103 Å². The number of unbranched alkanes of at least 4 members (excludes halogenated alkanes) is 1. The van der Waals surface area contributed by atoms with Crippen LogP contribution in [0.3, 0.4) is 0 Å². The molecule has 0 aliphatic heterocycles. The summed E-state index contributed by atoms with van der Waals surface area (Å²) in [7, 11) is 1.30. The number of ether oxygens (including phenoxy) is 1. The summed E-state index contributed by atoms with van der Waals surface area (Å²) in [4.78, 5) is 10.4. The molecule has 3 nitrogen and oxygen atoms in total. The van der Waals surface area contributed by atoms with Crippen molar-refractivity contribution in [2.45, 2.75) is 57.4 Å². The van der Waals surface area contributed by atoms with Crippen molar-refractivity contribution < 1.29 is 14.6 Å². The number of aliphatic hydroxyl groups is 1. The second-order valence-corrected chi connectivity index (χ2v) is 5.28. The lowest BCUT2D eigenvalue weighted by Crippen LogP contribution is -2.46. The minimum atomic E-state index is -1.28. The Morgan fingerprint density at radius 1 is 1.50 bits per heavy atom. The standard InChI is InChI=1S/C12H23ClO3/c1-5-6-7-12(13,11(15)16-4)10(14)8-9(2)3/h9-10,14H,5-8H2,1-4H3. The molecule has 0 radical (unpaired) electrons. The maximum absolute atomic E-state index is 11.6. The molecule has 0 amide bonds. The molecule has 0 bridgehead atoms. The van der Waals surface area contributed by atoms with Gasteiger partial charge in [-0.2, -0.15) is 0 Å². The van der Waals surface area contributed by atoms with E-state index in [1.165, 1.54) is 7.11 Å². The number of halogens is 1. The van der Waals surface area contributed by atoms with E-state index in [2.05, 4.69) is 4.74 Å². The van der Waals surface area contributed by atoms with E-state index in [4.69, 9.17) is 11.6 Å². The average Bonchev–Trinajstić information content (AvgIpc) is 2.23. The molecule has 0 aliphatic carbocycles. The number of hydrogen-bond acceptors (Lipinski definition) is 3. The van der Waals surface area contributed by atoms with Crippen LogP contribution in [0.25, 0.3) is 0 Å². The van der Waals surface area contributed by atoms with E-state index in [1.807, 2.05) is 20.8 Å². The molecule has 2 atom stereocenters. The van der Waals surface area contributed by atoms with Gasteiger partial charge in [0, 0.05) is 0 Å². The van der Waals surface area contributed by atoms with E-state index in [1.54, 1.807) is 0 Å². The quantitative estimate of drug-likeness (QED) is 0.558. The zero-order valence-corrected chi connectivity index (χ0v) is 11.4. The minimum absolute atomic E-state index is 0.291. The number of alkyl halides is 1. The summed E-state index contributed by atoms with van der Waals surface area (Å²) in [5, 5.41) is 10.0. The van der Waals surface area contributed by atoms with E-state index in [-0.39, 0.29) is 0 Å². The van der Waals surface area contributed by atoms with Gasteiger partial charge in [0.2, 0.25) is 0 Å². The molecule has 1 N–H and O–H groups in total. The maximum atomic E-state index is 11.6. The van der Waals surface area contributed by atoms with Gasteiger partial charge in [0.05, 0.1) is 13.2 Å². The molecule has 4 heteroatoms. The van der Waals surface area contributed by atoms with Crippen molar-refractivity contribution in [1.29, 1.82) is 0 Å². The third-order valence-electron chi connectivity index (χ3n) is 2.64. The first kappa shape index (κ1) is 15.7. The molecular weight excluding hydrogens is 228 g/mol. The third-order valence-corrected chi connectivity index (χ3v) is 3.24. The van der Waals surface area contributed by atoms with E-state index in [0.717, 1.165) is 12.8 Å². The first-order valence-electron chi connectivity index (χ1n) is 5.83. The number of carbonyl (C=O) groups excluding carboxylic acids is 1. The van der Waals surface area contributed by atoms with Gasteiger partial charge in [-0.25, -0.2) is 0 Å². The van der Waals surface area contributed by atoms with Gasteiger partial charge in [0.15, 0.2) is 4.87 Å². The first-order chi connectivity index (χ1) is 7.38. The normalized spacial score (nSPS) is 16.9. The number of esters is 1. The summed E-state index contributed by atoms with van der Waals surface area (Å²) >= 11 is 6.24. The highest BCUT2D eigenvalue weighted by atomic mass is 35.5. The molecule has 0 rings (SSSR count). The van der Waals surface area contributed by atoms with Crippen molar-refractivity contribution in [3.8, 4) is 0 Å². The van der Waals surface area contributed by atoms with Gasteiger partial charge >= 0.3 is 5.97 Å². The monoisotopic (exact) mass is 250 g/mol. The molecule has 0 aliphatic rings. The summed E-state index contributed by atoms with van der Waals surface area (Å²) in [6.45, 7) is 5.98. The largest absolute Gasteiger partial charge is 0.468 e.